The summed E-state index contributed by atoms with van der Waals surface area (Å²) in [4.78, 5) is 37.3. The molecule has 0 unspecified atom stereocenters. The molecule has 0 aliphatic rings. The Kier molecular flexibility index (Phi) is 7.05. The van der Waals surface area contributed by atoms with E-state index in [1.165, 1.54) is 11.9 Å². The van der Waals surface area contributed by atoms with Crippen molar-refractivity contribution in [2.75, 3.05) is 5.32 Å². The first-order valence-electron chi connectivity index (χ1n) is 9.19. The minimum atomic E-state index is -0.631. The third-order valence-electron chi connectivity index (χ3n) is 4.10. The number of nitrogens with zero attached hydrogens (tertiary/aromatic N) is 1. The van der Waals surface area contributed by atoms with Crippen molar-refractivity contribution in [3.63, 3.8) is 0 Å². The van der Waals surface area contributed by atoms with Gasteiger partial charge in [0.05, 0.1) is 11.2 Å². The lowest BCUT2D eigenvalue weighted by Crippen LogP contribution is -2.55. The van der Waals surface area contributed by atoms with Gasteiger partial charge in [-0.15, -0.1) is 0 Å². The molecule has 0 aliphatic heterocycles. The van der Waals surface area contributed by atoms with Gasteiger partial charge in [0.15, 0.2) is 0 Å². The van der Waals surface area contributed by atoms with Crippen molar-refractivity contribution in [3.05, 3.63) is 62.2 Å². The van der Waals surface area contributed by atoms with Crippen LogP contribution in [0.1, 0.15) is 59.5 Å². The van der Waals surface area contributed by atoms with Gasteiger partial charge in [0, 0.05) is 21.6 Å². The fourth-order valence-corrected chi connectivity index (χ4v) is 3.51. The number of carbonyl (C=O) groups excluding carboxylic acids is 3. The zero-order chi connectivity index (χ0) is 21.9. The van der Waals surface area contributed by atoms with Crippen molar-refractivity contribution in [2.24, 2.45) is 0 Å². The Hall–Kier alpha value is -2.42. The van der Waals surface area contributed by atoms with E-state index in [0.29, 0.717) is 16.8 Å². The summed E-state index contributed by atoms with van der Waals surface area (Å²) in [6.07, 6.45) is 0. The molecule has 0 atom stereocenters. The van der Waals surface area contributed by atoms with Gasteiger partial charge in [-0.1, -0.05) is 17.2 Å². The number of halogens is 1. The number of hydrogen-bond donors (Lipinski definition) is 2. The Morgan fingerprint density at radius 1 is 0.931 bits per heavy atom. The molecule has 154 valence electrons. The Balaban J connectivity index is 2.31. The van der Waals surface area contributed by atoms with Crippen LogP contribution < -0.4 is 10.7 Å². The lowest BCUT2D eigenvalue weighted by atomic mass is 10.0. The molecule has 2 N–H and O–H groups in total. The molecule has 7 heteroatoms. The molecule has 0 heterocycles. The molecule has 0 fully saturated rings. The van der Waals surface area contributed by atoms with E-state index < -0.39 is 11.4 Å². The molecular formula is C22H26IN3O3. The molecule has 2 rings (SSSR count). The van der Waals surface area contributed by atoms with Crippen LogP contribution in [0.2, 0.25) is 0 Å². The maximum absolute atomic E-state index is 13.2. The van der Waals surface area contributed by atoms with Crippen LogP contribution >= 0.6 is 22.6 Å². The highest BCUT2D eigenvalue weighted by Gasteiger charge is 2.30. The number of carbonyl (C=O) groups is 3. The summed E-state index contributed by atoms with van der Waals surface area (Å²) in [5.41, 5.74) is 5.64. The van der Waals surface area contributed by atoms with Crippen LogP contribution in [0.5, 0.6) is 0 Å². The van der Waals surface area contributed by atoms with E-state index >= 15 is 0 Å². The third-order valence-corrected chi connectivity index (χ3v) is 4.99. The van der Waals surface area contributed by atoms with E-state index in [1.807, 2.05) is 52.8 Å². The molecule has 0 aromatic heterocycles. The quantitative estimate of drug-likeness (QED) is 0.476. The highest BCUT2D eigenvalue weighted by molar-refractivity contribution is 14.1. The van der Waals surface area contributed by atoms with Crippen LogP contribution in [-0.4, -0.2) is 28.3 Å². The number of amides is 3. The highest BCUT2D eigenvalue weighted by Crippen LogP contribution is 2.21. The molecule has 0 saturated carbocycles. The van der Waals surface area contributed by atoms with Gasteiger partial charge >= 0.3 is 0 Å². The first kappa shape index (κ1) is 22.9. The van der Waals surface area contributed by atoms with Crippen molar-refractivity contribution in [2.45, 2.75) is 47.1 Å². The van der Waals surface area contributed by atoms with Gasteiger partial charge in [-0.2, -0.15) is 0 Å². The number of hydrazine groups is 1. The molecule has 0 spiro atoms. The minimum Gasteiger partial charge on any atom is -0.325 e. The third kappa shape index (κ3) is 6.03. The molecule has 2 aromatic carbocycles. The Labute approximate surface area is 185 Å². The van der Waals surface area contributed by atoms with E-state index in [9.17, 15) is 14.4 Å². The van der Waals surface area contributed by atoms with E-state index in [2.05, 4.69) is 33.3 Å². The van der Waals surface area contributed by atoms with E-state index in [1.54, 1.807) is 18.2 Å². The molecule has 0 bridgehead atoms. The second-order valence-electron chi connectivity index (χ2n) is 8.00. The Morgan fingerprint density at radius 3 is 2.00 bits per heavy atom. The SMILES string of the molecule is CC(=O)Nc1ccc(C(=O)NN(C(=O)c2cc(C)cc(C)c2)C(C)(C)C)cc1I. The molecule has 6 nitrogen and oxygen atoms in total. The van der Waals surface area contributed by atoms with Crippen molar-refractivity contribution in [1.29, 1.82) is 0 Å². The maximum Gasteiger partial charge on any atom is 0.272 e. The van der Waals surface area contributed by atoms with Crippen LogP contribution in [0.4, 0.5) is 5.69 Å². The van der Waals surface area contributed by atoms with Crippen LogP contribution in [-0.2, 0) is 4.79 Å². The predicted molar refractivity (Wildman–Crippen MR) is 123 cm³/mol. The zero-order valence-corrected chi connectivity index (χ0v) is 19.7. The predicted octanol–water partition coefficient (Wildman–Crippen LogP) is 4.45. The van der Waals surface area contributed by atoms with Crippen molar-refractivity contribution >= 4 is 46.0 Å². The van der Waals surface area contributed by atoms with Crippen LogP contribution in [0.3, 0.4) is 0 Å². The van der Waals surface area contributed by atoms with E-state index in [0.717, 1.165) is 14.7 Å². The standard InChI is InChI=1S/C22H26IN3O3/c1-13-9-14(2)11-17(10-13)21(29)26(22(4,5)6)25-20(28)16-7-8-19(18(23)12-16)24-15(3)27/h7-12H,1-6H3,(H,24,27)(H,25,28). The van der Waals surface area contributed by atoms with Crippen LogP contribution in [0.15, 0.2) is 36.4 Å². The van der Waals surface area contributed by atoms with Gasteiger partial charge in [0.2, 0.25) is 5.91 Å². The normalized spacial score (nSPS) is 11.0. The second kappa shape index (κ2) is 8.94. The maximum atomic E-state index is 13.2. The molecule has 3 amide bonds. The smallest absolute Gasteiger partial charge is 0.272 e. The molecule has 0 saturated heterocycles. The minimum absolute atomic E-state index is 0.182. The van der Waals surface area contributed by atoms with Gasteiger partial charge in [0.25, 0.3) is 11.8 Å². The highest BCUT2D eigenvalue weighted by atomic mass is 127. The van der Waals surface area contributed by atoms with E-state index in [-0.39, 0.29) is 11.8 Å². The van der Waals surface area contributed by atoms with Gasteiger partial charge in [-0.3, -0.25) is 19.8 Å². The summed E-state index contributed by atoms with van der Waals surface area (Å²) in [5, 5.41) is 4.07. The number of benzene rings is 2. The lowest BCUT2D eigenvalue weighted by molar-refractivity contribution is -0.114. The summed E-state index contributed by atoms with van der Waals surface area (Å²) < 4.78 is 0.730. The number of anilines is 1. The number of rotatable bonds is 3. The molecule has 2 aromatic rings. The first-order valence-corrected chi connectivity index (χ1v) is 10.3. The molecule has 29 heavy (non-hydrogen) atoms. The van der Waals surface area contributed by atoms with Gasteiger partial charge in [-0.25, -0.2) is 5.01 Å². The molecule has 0 radical (unpaired) electrons. The monoisotopic (exact) mass is 507 g/mol. The fourth-order valence-electron chi connectivity index (χ4n) is 2.86. The summed E-state index contributed by atoms with van der Waals surface area (Å²) in [6.45, 7) is 10.9. The zero-order valence-electron chi connectivity index (χ0n) is 17.5. The second-order valence-corrected chi connectivity index (χ2v) is 9.17. The Morgan fingerprint density at radius 2 is 1.52 bits per heavy atom. The summed E-state index contributed by atoms with van der Waals surface area (Å²) in [6, 6.07) is 10.6. The van der Waals surface area contributed by atoms with E-state index in [4.69, 9.17) is 0 Å². The fraction of sp³-hybridized carbons (Fsp3) is 0.318. The molecular weight excluding hydrogens is 481 g/mol. The largest absolute Gasteiger partial charge is 0.325 e. The van der Waals surface area contributed by atoms with Crippen LogP contribution in [0.25, 0.3) is 0 Å². The topological polar surface area (TPSA) is 78.5 Å². The van der Waals surface area contributed by atoms with Crippen molar-refractivity contribution in [1.82, 2.24) is 10.4 Å². The summed E-state index contributed by atoms with van der Waals surface area (Å²) in [7, 11) is 0. The average molecular weight is 507 g/mol. The van der Waals surface area contributed by atoms with Crippen molar-refractivity contribution < 1.29 is 14.4 Å². The van der Waals surface area contributed by atoms with Gasteiger partial charge in [0.1, 0.15) is 0 Å². The van der Waals surface area contributed by atoms with Gasteiger partial charge < -0.3 is 5.32 Å². The first-order chi connectivity index (χ1) is 13.4. The van der Waals surface area contributed by atoms with Crippen LogP contribution in [0, 0.1) is 17.4 Å². The summed E-state index contributed by atoms with van der Waals surface area (Å²) >= 11 is 2.06. The Bertz CT molecular complexity index is 944. The number of aryl methyl sites for hydroxylation is 2. The summed E-state index contributed by atoms with van der Waals surface area (Å²) in [5.74, 6) is -0.856. The lowest BCUT2D eigenvalue weighted by Gasteiger charge is -2.35. The van der Waals surface area contributed by atoms with Crippen molar-refractivity contribution in [3.8, 4) is 0 Å². The number of nitrogens with one attached hydrogen (secondary N) is 2. The van der Waals surface area contributed by atoms with Gasteiger partial charge in [-0.05, 0) is 87.5 Å². The number of hydrogen-bond acceptors (Lipinski definition) is 3. The average Bonchev–Trinajstić information content (AvgIpc) is 2.58. The molecule has 0 aliphatic carbocycles.